The summed E-state index contributed by atoms with van der Waals surface area (Å²) in [4.78, 5) is 41.5. The van der Waals surface area contributed by atoms with Crippen molar-refractivity contribution in [3.8, 4) is 0 Å². The number of amides is 3. The number of nitrogens with zero attached hydrogens (tertiary/aromatic N) is 2. The summed E-state index contributed by atoms with van der Waals surface area (Å²) in [6.07, 6.45) is 0.234. The Hall–Kier alpha value is -3.40. The number of sulfonamides is 1. The molecule has 1 atom stereocenters. The number of hydrogen-bond donors (Lipinski definition) is 1. The minimum absolute atomic E-state index is 0.0320. The highest BCUT2D eigenvalue weighted by molar-refractivity contribution is 7.90. The second-order valence-electron chi connectivity index (χ2n) is 10.1. The highest BCUT2D eigenvalue weighted by atomic mass is 35.5. The van der Waals surface area contributed by atoms with Crippen LogP contribution in [0, 0.1) is 0 Å². The van der Waals surface area contributed by atoms with E-state index in [1.165, 1.54) is 17.0 Å². The lowest BCUT2D eigenvalue weighted by atomic mass is 10.0. The van der Waals surface area contributed by atoms with E-state index in [2.05, 4.69) is 5.32 Å². The van der Waals surface area contributed by atoms with Gasteiger partial charge in [-0.2, -0.15) is 0 Å². The van der Waals surface area contributed by atoms with Crippen LogP contribution >= 0.6 is 23.2 Å². The van der Waals surface area contributed by atoms with Crippen molar-refractivity contribution in [2.24, 2.45) is 0 Å². The third-order valence-electron chi connectivity index (χ3n) is 6.72. The maximum absolute atomic E-state index is 13.8. The number of hydrogen-bond acceptors (Lipinski definition) is 5. The van der Waals surface area contributed by atoms with E-state index < -0.39 is 22.0 Å². The van der Waals surface area contributed by atoms with Crippen molar-refractivity contribution in [2.45, 2.75) is 56.6 Å². The molecule has 0 unspecified atom stereocenters. The molecule has 3 aromatic rings. The Morgan fingerprint density at radius 1 is 0.976 bits per heavy atom. The fourth-order valence-corrected chi connectivity index (χ4v) is 6.81. The molecule has 41 heavy (non-hydrogen) atoms. The molecule has 0 saturated heterocycles. The normalized spacial score (nSPS) is 14.6. The van der Waals surface area contributed by atoms with Gasteiger partial charge in [-0.25, -0.2) is 12.7 Å². The Balaban J connectivity index is 1.59. The molecule has 1 aliphatic heterocycles. The molecule has 8 nitrogen and oxygen atoms in total. The number of benzene rings is 3. The molecular weight excluding hydrogens is 585 g/mol. The topological polar surface area (TPSA) is 104 Å². The Kier molecular flexibility index (Phi) is 9.73. The summed E-state index contributed by atoms with van der Waals surface area (Å²) in [5, 5.41) is 3.71. The molecule has 216 valence electrons. The molecule has 0 bridgehead atoms. The standard InChI is InChI=1S/C30H31Cl2N3O5S/c1-20(2)33-29(37)26(17-21-9-4-3-5-10-21)34(19-22-14-15-23(31)18-25(22)32)28(36)13-8-16-35-30(38)24-11-6-7-12-27(24)41(35,39)40/h3-7,9-12,14-15,18,20,26H,8,13,16-17,19H2,1-2H3,(H,33,37)/t26-/m1/s1. The maximum Gasteiger partial charge on any atom is 0.269 e. The summed E-state index contributed by atoms with van der Waals surface area (Å²) in [5.41, 5.74) is 1.58. The largest absolute Gasteiger partial charge is 0.352 e. The number of halogens is 2. The van der Waals surface area contributed by atoms with E-state index in [-0.39, 0.29) is 60.7 Å². The molecule has 1 N–H and O–H groups in total. The first-order chi connectivity index (χ1) is 19.5. The molecule has 1 aliphatic rings. The zero-order chi connectivity index (χ0) is 29.7. The van der Waals surface area contributed by atoms with E-state index in [0.29, 0.717) is 15.6 Å². The number of rotatable bonds is 11. The lowest BCUT2D eigenvalue weighted by Crippen LogP contribution is -2.51. The van der Waals surface area contributed by atoms with E-state index in [1.807, 2.05) is 44.2 Å². The smallest absolute Gasteiger partial charge is 0.269 e. The lowest BCUT2D eigenvalue weighted by molar-refractivity contribution is -0.141. The van der Waals surface area contributed by atoms with E-state index in [4.69, 9.17) is 23.2 Å². The van der Waals surface area contributed by atoms with E-state index >= 15 is 0 Å². The SMILES string of the molecule is CC(C)NC(=O)[C@@H](Cc1ccccc1)N(Cc1ccc(Cl)cc1Cl)C(=O)CCCN1C(=O)c2ccccc2S1(=O)=O. The second kappa shape index (κ2) is 13.1. The van der Waals surface area contributed by atoms with E-state index in [0.717, 1.165) is 9.87 Å². The van der Waals surface area contributed by atoms with Gasteiger partial charge in [-0.05, 0) is 55.7 Å². The van der Waals surface area contributed by atoms with Gasteiger partial charge in [0.1, 0.15) is 10.9 Å². The molecule has 3 aromatic carbocycles. The molecule has 0 aliphatic carbocycles. The first-order valence-corrected chi connectivity index (χ1v) is 15.4. The van der Waals surface area contributed by atoms with Gasteiger partial charge in [0.2, 0.25) is 11.8 Å². The fraction of sp³-hybridized carbons (Fsp3) is 0.300. The minimum atomic E-state index is -3.99. The molecule has 4 rings (SSSR count). The number of carbonyl (C=O) groups is 3. The summed E-state index contributed by atoms with van der Waals surface area (Å²) in [6, 6.07) is 19.3. The third kappa shape index (κ3) is 7.09. The van der Waals surface area contributed by atoms with Gasteiger partial charge in [0.05, 0.1) is 5.56 Å². The van der Waals surface area contributed by atoms with Gasteiger partial charge in [0.25, 0.3) is 15.9 Å². The molecule has 0 fully saturated rings. The van der Waals surface area contributed by atoms with Crippen molar-refractivity contribution in [1.82, 2.24) is 14.5 Å². The highest BCUT2D eigenvalue weighted by Crippen LogP contribution is 2.30. The molecule has 11 heteroatoms. The van der Waals surface area contributed by atoms with E-state index in [1.54, 1.807) is 30.3 Å². The van der Waals surface area contributed by atoms with Crippen molar-refractivity contribution in [2.75, 3.05) is 6.54 Å². The Bertz CT molecular complexity index is 1550. The Morgan fingerprint density at radius 2 is 1.66 bits per heavy atom. The van der Waals surface area contributed by atoms with E-state index in [9.17, 15) is 22.8 Å². The minimum Gasteiger partial charge on any atom is -0.352 e. The maximum atomic E-state index is 13.8. The van der Waals surface area contributed by atoms with Crippen LogP contribution in [0.5, 0.6) is 0 Å². The van der Waals surface area contributed by atoms with Crippen LogP contribution in [0.15, 0.2) is 77.7 Å². The van der Waals surface area contributed by atoms with Crippen molar-refractivity contribution in [1.29, 1.82) is 0 Å². The Morgan fingerprint density at radius 3 is 2.32 bits per heavy atom. The second-order valence-corrected chi connectivity index (χ2v) is 12.8. The van der Waals surface area contributed by atoms with Gasteiger partial charge in [-0.3, -0.25) is 14.4 Å². The monoisotopic (exact) mass is 615 g/mol. The summed E-state index contributed by atoms with van der Waals surface area (Å²) in [5.74, 6) is -1.32. The van der Waals surface area contributed by atoms with Crippen LogP contribution in [0.25, 0.3) is 0 Å². The van der Waals surface area contributed by atoms with Crippen LogP contribution in [-0.2, 0) is 32.6 Å². The highest BCUT2D eigenvalue weighted by Gasteiger charge is 2.40. The van der Waals surface area contributed by atoms with Crippen LogP contribution in [0.4, 0.5) is 0 Å². The van der Waals surface area contributed by atoms with Crippen LogP contribution in [0.2, 0.25) is 10.0 Å². The van der Waals surface area contributed by atoms with Crippen LogP contribution < -0.4 is 5.32 Å². The van der Waals surface area contributed by atoms with Crippen LogP contribution in [0.1, 0.15) is 48.2 Å². The summed E-state index contributed by atoms with van der Waals surface area (Å²) in [7, 11) is -3.99. The molecule has 0 aromatic heterocycles. The molecule has 1 heterocycles. The molecule has 0 saturated carbocycles. The van der Waals surface area contributed by atoms with Crippen LogP contribution in [-0.4, -0.2) is 54.0 Å². The van der Waals surface area contributed by atoms with Gasteiger partial charge < -0.3 is 10.2 Å². The van der Waals surface area contributed by atoms with Crippen molar-refractivity contribution < 1.29 is 22.8 Å². The zero-order valence-electron chi connectivity index (χ0n) is 22.7. The number of nitrogens with one attached hydrogen (secondary N) is 1. The Labute approximate surface area is 250 Å². The molecule has 3 amide bonds. The molecular formula is C30H31Cl2N3O5S. The first kappa shape index (κ1) is 30.6. The van der Waals surface area contributed by atoms with Gasteiger partial charge in [0, 0.05) is 42.0 Å². The summed E-state index contributed by atoms with van der Waals surface area (Å²) in [6.45, 7) is 3.54. The number of fused-ring (bicyclic) bond motifs is 1. The van der Waals surface area contributed by atoms with Gasteiger partial charge in [-0.15, -0.1) is 0 Å². The van der Waals surface area contributed by atoms with Gasteiger partial charge >= 0.3 is 0 Å². The van der Waals surface area contributed by atoms with Gasteiger partial charge in [0.15, 0.2) is 0 Å². The third-order valence-corrected chi connectivity index (χ3v) is 9.15. The molecule has 0 radical (unpaired) electrons. The fourth-order valence-electron chi connectivity index (χ4n) is 4.74. The van der Waals surface area contributed by atoms with Crippen molar-refractivity contribution in [3.05, 3.63) is 99.5 Å². The summed E-state index contributed by atoms with van der Waals surface area (Å²) >= 11 is 12.5. The predicted octanol–water partition coefficient (Wildman–Crippen LogP) is 5.08. The zero-order valence-corrected chi connectivity index (χ0v) is 25.0. The first-order valence-electron chi connectivity index (χ1n) is 13.2. The summed E-state index contributed by atoms with van der Waals surface area (Å²) < 4.78 is 26.7. The van der Waals surface area contributed by atoms with Crippen molar-refractivity contribution >= 4 is 50.9 Å². The van der Waals surface area contributed by atoms with Gasteiger partial charge in [-0.1, -0.05) is 71.7 Å². The predicted molar refractivity (Wildman–Crippen MR) is 158 cm³/mol. The average Bonchev–Trinajstić information content (AvgIpc) is 3.12. The van der Waals surface area contributed by atoms with Crippen LogP contribution in [0.3, 0.4) is 0 Å². The van der Waals surface area contributed by atoms with Crippen molar-refractivity contribution in [3.63, 3.8) is 0 Å². The quantitative estimate of drug-likeness (QED) is 0.324. The number of carbonyl (C=O) groups excluding carboxylic acids is 3. The molecule has 0 spiro atoms. The lowest BCUT2D eigenvalue weighted by Gasteiger charge is -2.32. The average molecular weight is 617 g/mol.